The highest BCUT2D eigenvalue weighted by Crippen LogP contribution is 2.29. The molecule has 0 unspecified atom stereocenters. The number of nitrogens with zero attached hydrogens (tertiary/aromatic N) is 3. The average Bonchev–Trinajstić information content (AvgIpc) is 3.29. The van der Waals surface area contributed by atoms with Crippen LogP contribution >= 0.6 is 0 Å². The van der Waals surface area contributed by atoms with Crippen LogP contribution in [0.5, 0.6) is 0 Å². The van der Waals surface area contributed by atoms with E-state index in [-0.39, 0.29) is 47.6 Å². The van der Waals surface area contributed by atoms with Crippen LogP contribution in [0.25, 0.3) is 11.1 Å². The molecule has 9 nitrogen and oxygen atoms in total. The lowest BCUT2D eigenvalue weighted by molar-refractivity contribution is -0.110. The van der Waals surface area contributed by atoms with Crippen LogP contribution in [0.3, 0.4) is 0 Å². The van der Waals surface area contributed by atoms with E-state index in [0.29, 0.717) is 29.9 Å². The molecule has 3 heterocycles. The van der Waals surface area contributed by atoms with Gasteiger partial charge in [0.05, 0.1) is 18.4 Å². The summed E-state index contributed by atoms with van der Waals surface area (Å²) in [5, 5.41) is 14.0. The standard InChI is InChI=1S/C29H33F2N7O2/c1-3-21(4-2)36-27(39)25-8-6-22(15-35-25)37-28(40)26(33)23-12-19(5-7-24(23)32)20-11-18(13-34-14-20)16-38-10-9-29(30,31)17-38/h5-8,11-15,21,33H,3-4,9-10,16-17,32H2,1-2H3,(H,36,39)(H,37,40). The number of hydrogen-bond acceptors (Lipinski definition) is 7. The van der Waals surface area contributed by atoms with Gasteiger partial charge in [-0.25, -0.2) is 13.8 Å². The Morgan fingerprint density at radius 2 is 1.88 bits per heavy atom. The van der Waals surface area contributed by atoms with E-state index >= 15 is 0 Å². The van der Waals surface area contributed by atoms with Crippen LogP contribution < -0.4 is 16.4 Å². The SMILES string of the molecule is CCC(CC)NC(=O)c1ccc(NC(=O)C(=N)c2cc(-c3cncc(CN4CCC(F)(F)C4)c3)ccc2N)cn1. The van der Waals surface area contributed by atoms with Gasteiger partial charge in [-0.2, -0.15) is 0 Å². The van der Waals surface area contributed by atoms with E-state index in [2.05, 4.69) is 20.6 Å². The van der Waals surface area contributed by atoms with Crippen molar-refractivity contribution >= 4 is 28.9 Å². The fourth-order valence-corrected chi connectivity index (χ4v) is 4.55. The normalized spacial score (nSPS) is 14.7. The Morgan fingerprint density at radius 1 is 1.10 bits per heavy atom. The summed E-state index contributed by atoms with van der Waals surface area (Å²) in [4.78, 5) is 35.3. The van der Waals surface area contributed by atoms with E-state index in [1.54, 1.807) is 41.6 Å². The van der Waals surface area contributed by atoms with Crippen LogP contribution in [0, 0.1) is 5.41 Å². The van der Waals surface area contributed by atoms with Crippen LogP contribution in [0.1, 0.15) is 54.7 Å². The van der Waals surface area contributed by atoms with Crippen LogP contribution in [0.15, 0.2) is 55.0 Å². The molecule has 40 heavy (non-hydrogen) atoms. The van der Waals surface area contributed by atoms with E-state index in [1.165, 1.54) is 12.3 Å². The van der Waals surface area contributed by atoms with E-state index < -0.39 is 11.8 Å². The summed E-state index contributed by atoms with van der Waals surface area (Å²) in [7, 11) is 0. The molecule has 1 saturated heterocycles. The molecule has 0 bridgehead atoms. The topological polar surface area (TPSA) is 137 Å². The first-order valence-corrected chi connectivity index (χ1v) is 13.2. The second-order valence-electron chi connectivity index (χ2n) is 9.95. The zero-order valence-corrected chi connectivity index (χ0v) is 22.5. The monoisotopic (exact) mass is 549 g/mol. The zero-order chi connectivity index (χ0) is 28.9. The van der Waals surface area contributed by atoms with Gasteiger partial charge < -0.3 is 16.4 Å². The maximum absolute atomic E-state index is 13.6. The fraction of sp³-hybridized carbons (Fsp3) is 0.345. The van der Waals surface area contributed by atoms with Gasteiger partial charge in [0, 0.05) is 54.8 Å². The second-order valence-corrected chi connectivity index (χ2v) is 9.95. The smallest absolute Gasteiger partial charge is 0.274 e. The number of amides is 2. The number of carbonyl (C=O) groups is 2. The third-order valence-corrected chi connectivity index (χ3v) is 6.91. The number of nitrogens with one attached hydrogen (secondary N) is 3. The Balaban J connectivity index is 1.44. The zero-order valence-electron chi connectivity index (χ0n) is 22.5. The van der Waals surface area contributed by atoms with Gasteiger partial charge in [-0.1, -0.05) is 19.9 Å². The molecule has 4 rings (SSSR count). The minimum Gasteiger partial charge on any atom is -0.398 e. The number of rotatable bonds is 10. The minimum atomic E-state index is -2.67. The number of hydrogen-bond donors (Lipinski definition) is 4. The highest BCUT2D eigenvalue weighted by Gasteiger charge is 2.37. The molecule has 1 aliphatic heterocycles. The molecule has 1 aliphatic rings. The van der Waals surface area contributed by atoms with Gasteiger partial charge in [0.2, 0.25) is 0 Å². The van der Waals surface area contributed by atoms with E-state index in [0.717, 1.165) is 18.4 Å². The van der Waals surface area contributed by atoms with Crippen molar-refractivity contribution in [3.8, 4) is 11.1 Å². The first kappa shape index (κ1) is 28.8. The fourth-order valence-electron chi connectivity index (χ4n) is 4.55. The number of halogens is 2. The molecule has 0 saturated carbocycles. The number of anilines is 2. The van der Waals surface area contributed by atoms with E-state index in [4.69, 9.17) is 11.1 Å². The molecule has 11 heteroatoms. The number of nitrogen functional groups attached to an aromatic ring is 1. The van der Waals surface area contributed by atoms with Crippen LogP contribution in [0.4, 0.5) is 20.2 Å². The third kappa shape index (κ3) is 7.03. The van der Waals surface area contributed by atoms with Crippen molar-refractivity contribution in [2.45, 2.75) is 51.6 Å². The molecule has 210 valence electrons. The van der Waals surface area contributed by atoms with Crippen molar-refractivity contribution < 1.29 is 18.4 Å². The van der Waals surface area contributed by atoms with Crippen molar-refractivity contribution in [3.05, 3.63) is 71.8 Å². The lowest BCUT2D eigenvalue weighted by Gasteiger charge is -2.16. The lowest BCUT2D eigenvalue weighted by Crippen LogP contribution is -2.34. The molecule has 5 N–H and O–H groups in total. The van der Waals surface area contributed by atoms with Gasteiger partial charge in [-0.05, 0) is 54.3 Å². The van der Waals surface area contributed by atoms with Crippen molar-refractivity contribution in [2.24, 2.45) is 0 Å². The molecular formula is C29H33F2N7O2. The van der Waals surface area contributed by atoms with Crippen molar-refractivity contribution in [2.75, 3.05) is 24.1 Å². The molecule has 1 fully saturated rings. The Morgan fingerprint density at radius 3 is 2.52 bits per heavy atom. The molecule has 2 aromatic heterocycles. The summed E-state index contributed by atoms with van der Waals surface area (Å²) in [5.74, 6) is -3.65. The predicted molar refractivity (Wildman–Crippen MR) is 150 cm³/mol. The highest BCUT2D eigenvalue weighted by atomic mass is 19.3. The van der Waals surface area contributed by atoms with Crippen molar-refractivity contribution in [1.29, 1.82) is 5.41 Å². The van der Waals surface area contributed by atoms with Gasteiger partial charge in [-0.15, -0.1) is 0 Å². The predicted octanol–water partition coefficient (Wildman–Crippen LogP) is 4.49. The van der Waals surface area contributed by atoms with Crippen LogP contribution in [-0.4, -0.2) is 57.4 Å². The Kier molecular flexibility index (Phi) is 8.83. The number of carbonyl (C=O) groups excluding carboxylic acids is 2. The summed E-state index contributed by atoms with van der Waals surface area (Å²) in [6.45, 7) is 4.38. The molecule has 0 radical (unpaired) electrons. The Labute approximate surface area is 231 Å². The molecule has 0 aliphatic carbocycles. The Bertz CT molecular complexity index is 1390. The average molecular weight is 550 g/mol. The molecule has 1 aromatic carbocycles. The molecule has 2 amide bonds. The van der Waals surface area contributed by atoms with Crippen molar-refractivity contribution in [3.63, 3.8) is 0 Å². The second kappa shape index (κ2) is 12.3. The van der Waals surface area contributed by atoms with E-state index in [1.807, 2.05) is 19.9 Å². The summed E-state index contributed by atoms with van der Waals surface area (Å²) < 4.78 is 27.2. The van der Waals surface area contributed by atoms with Gasteiger partial charge in [0.15, 0.2) is 0 Å². The lowest BCUT2D eigenvalue weighted by atomic mass is 9.99. The molecule has 0 spiro atoms. The highest BCUT2D eigenvalue weighted by molar-refractivity contribution is 6.48. The minimum absolute atomic E-state index is 0.0618. The maximum atomic E-state index is 13.6. The summed E-state index contributed by atoms with van der Waals surface area (Å²) in [6, 6.07) is 9.97. The number of alkyl halides is 2. The third-order valence-electron chi connectivity index (χ3n) is 6.91. The molecule has 3 aromatic rings. The van der Waals surface area contributed by atoms with Gasteiger partial charge in [-0.3, -0.25) is 24.9 Å². The van der Waals surface area contributed by atoms with E-state index in [9.17, 15) is 18.4 Å². The Hall–Kier alpha value is -4.25. The first-order chi connectivity index (χ1) is 19.1. The number of benzene rings is 1. The van der Waals surface area contributed by atoms with Crippen molar-refractivity contribution in [1.82, 2.24) is 20.2 Å². The maximum Gasteiger partial charge on any atom is 0.274 e. The molecule has 0 atom stereocenters. The summed E-state index contributed by atoms with van der Waals surface area (Å²) in [5.41, 5.74) is 8.97. The van der Waals surface area contributed by atoms with Gasteiger partial charge in [0.1, 0.15) is 11.4 Å². The van der Waals surface area contributed by atoms with Crippen LogP contribution in [-0.2, 0) is 11.3 Å². The first-order valence-electron chi connectivity index (χ1n) is 13.2. The number of nitrogens with two attached hydrogens (primary N) is 1. The number of likely N-dealkylation sites (tertiary alicyclic amines) is 1. The number of pyridine rings is 2. The summed E-state index contributed by atoms with van der Waals surface area (Å²) >= 11 is 0. The van der Waals surface area contributed by atoms with Crippen LogP contribution in [0.2, 0.25) is 0 Å². The largest absolute Gasteiger partial charge is 0.398 e. The van der Waals surface area contributed by atoms with Gasteiger partial charge >= 0.3 is 0 Å². The summed E-state index contributed by atoms with van der Waals surface area (Å²) in [6.07, 6.45) is 6.10. The quantitative estimate of drug-likeness (QED) is 0.217. The number of aromatic nitrogens is 2. The van der Waals surface area contributed by atoms with Gasteiger partial charge in [0.25, 0.3) is 17.7 Å². The molecular weight excluding hydrogens is 516 g/mol.